The van der Waals surface area contributed by atoms with Gasteiger partial charge in [0.25, 0.3) is 0 Å². The van der Waals surface area contributed by atoms with Crippen LogP contribution in [0.15, 0.2) is 54.6 Å². The molecule has 0 heterocycles. The van der Waals surface area contributed by atoms with Gasteiger partial charge in [-0.1, -0.05) is 61.5 Å². The summed E-state index contributed by atoms with van der Waals surface area (Å²) in [6.45, 7) is 19.5. The minimum atomic E-state index is -1.13. The normalized spacial score (nSPS) is 14.1. The zero-order valence-corrected chi connectivity index (χ0v) is 28.2. The molecule has 0 saturated carbocycles. The van der Waals surface area contributed by atoms with E-state index in [4.69, 9.17) is 9.47 Å². The van der Waals surface area contributed by atoms with Crippen LogP contribution in [0.5, 0.6) is 0 Å². The maximum absolute atomic E-state index is 14.4. The van der Waals surface area contributed by atoms with Crippen LogP contribution in [0.2, 0.25) is 0 Å². The average molecular weight is 610 g/mol. The van der Waals surface area contributed by atoms with Crippen LogP contribution in [0.3, 0.4) is 0 Å². The van der Waals surface area contributed by atoms with Gasteiger partial charge in [-0.3, -0.25) is 9.59 Å². The number of alkyl carbamates (subject to hydrolysis) is 1. The summed E-state index contributed by atoms with van der Waals surface area (Å²) in [5, 5.41) is 5.53. The number of amides is 3. The first kappa shape index (κ1) is 36.3. The van der Waals surface area contributed by atoms with Gasteiger partial charge in [0, 0.05) is 12.0 Å². The van der Waals surface area contributed by atoms with Crippen LogP contribution in [0.1, 0.15) is 98.9 Å². The first-order valence-corrected chi connectivity index (χ1v) is 15.2. The maximum Gasteiger partial charge on any atom is 0.408 e. The highest BCUT2D eigenvalue weighted by molar-refractivity contribution is 5.94. The molecule has 0 radical (unpaired) electrons. The summed E-state index contributed by atoms with van der Waals surface area (Å²) in [7, 11) is 0. The number of rotatable bonds is 10. The smallest absolute Gasteiger partial charge is 0.408 e. The lowest BCUT2D eigenvalue weighted by atomic mass is 9.94. The van der Waals surface area contributed by atoms with Crippen molar-refractivity contribution in [2.24, 2.45) is 0 Å². The number of esters is 1. The zero-order chi connectivity index (χ0) is 33.5. The summed E-state index contributed by atoms with van der Waals surface area (Å²) < 4.78 is 11.1. The first-order valence-electron chi connectivity index (χ1n) is 15.2. The minimum absolute atomic E-state index is 0.197. The van der Waals surface area contributed by atoms with Gasteiger partial charge in [0.05, 0.1) is 0 Å². The van der Waals surface area contributed by atoms with Crippen molar-refractivity contribution in [3.63, 3.8) is 0 Å². The van der Waals surface area contributed by atoms with Gasteiger partial charge < -0.3 is 25.0 Å². The minimum Gasteiger partial charge on any atom is -0.458 e. The lowest BCUT2D eigenvalue weighted by Crippen LogP contribution is -2.59. The van der Waals surface area contributed by atoms with E-state index in [1.54, 1.807) is 48.5 Å². The van der Waals surface area contributed by atoms with Crippen LogP contribution in [-0.2, 0) is 36.7 Å². The molecule has 0 aliphatic rings. The molecule has 0 spiro atoms. The highest BCUT2D eigenvalue weighted by atomic mass is 16.6. The van der Waals surface area contributed by atoms with Crippen LogP contribution >= 0.6 is 0 Å². The van der Waals surface area contributed by atoms with Gasteiger partial charge in [0.2, 0.25) is 11.8 Å². The predicted molar refractivity (Wildman–Crippen MR) is 172 cm³/mol. The van der Waals surface area contributed by atoms with E-state index in [1.165, 1.54) is 4.90 Å². The molecule has 2 aromatic rings. The van der Waals surface area contributed by atoms with Crippen LogP contribution < -0.4 is 10.6 Å². The number of aryl methyl sites for hydroxylation is 1. The van der Waals surface area contributed by atoms with Crippen LogP contribution in [0.4, 0.5) is 4.79 Å². The molecule has 2 rings (SSSR count). The van der Waals surface area contributed by atoms with Crippen molar-refractivity contribution in [2.45, 2.75) is 124 Å². The number of ether oxygens (including phenoxy) is 2. The lowest BCUT2D eigenvalue weighted by Gasteiger charge is -2.43. The van der Waals surface area contributed by atoms with E-state index in [0.29, 0.717) is 5.56 Å². The summed E-state index contributed by atoms with van der Waals surface area (Å²) >= 11 is 0. The third-order valence-corrected chi connectivity index (χ3v) is 6.56. The number of benzene rings is 2. The molecule has 3 atom stereocenters. The molecular formula is C35H51N3O6. The molecule has 242 valence electrons. The van der Waals surface area contributed by atoms with Crippen LogP contribution in [-0.4, -0.2) is 57.6 Å². The first-order chi connectivity index (χ1) is 20.2. The van der Waals surface area contributed by atoms with Gasteiger partial charge >= 0.3 is 12.1 Å². The van der Waals surface area contributed by atoms with Crippen molar-refractivity contribution in [3.05, 3.63) is 71.3 Å². The molecule has 2 N–H and O–H groups in total. The molecule has 0 bridgehead atoms. The Morgan fingerprint density at radius 3 is 1.77 bits per heavy atom. The molecule has 3 unspecified atom stereocenters. The number of carbonyl (C=O) groups excluding carboxylic acids is 4. The Morgan fingerprint density at radius 1 is 0.750 bits per heavy atom. The number of carbonyl (C=O) groups is 4. The molecule has 0 saturated heterocycles. The highest BCUT2D eigenvalue weighted by Gasteiger charge is 2.42. The Bertz CT molecular complexity index is 1270. The number of hydrogen-bond acceptors (Lipinski definition) is 6. The largest absolute Gasteiger partial charge is 0.458 e. The molecule has 0 aliphatic carbocycles. The van der Waals surface area contributed by atoms with Gasteiger partial charge in [-0.15, -0.1) is 0 Å². The van der Waals surface area contributed by atoms with Crippen molar-refractivity contribution < 1.29 is 28.7 Å². The summed E-state index contributed by atoms with van der Waals surface area (Å²) in [4.78, 5) is 55.9. The second-order valence-corrected chi connectivity index (χ2v) is 14.0. The third kappa shape index (κ3) is 11.3. The predicted octanol–water partition coefficient (Wildman–Crippen LogP) is 5.90. The van der Waals surface area contributed by atoms with Crippen molar-refractivity contribution in [1.29, 1.82) is 0 Å². The zero-order valence-electron chi connectivity index (χ0n) is 28.2. The molecule has 3 amide bonds. The molecule has 9 nitrogen and oxygen atoms in total. The molecule has 0 fully saturated rings. The fourth-order valence-corrected chi connectivity index (χ4v) is 4.62. The molecule has 0 aliphatic heterocycles. The molecule has 2 aromatic carbocycles. The van der Waals surface area contributed by atoms with Gasteiger partial charge in [0.15, 0.2) is 0 Å². The second-order valence-electron chi connectivity index (χ2n) is 14.0. The number of hydrogen-bond donors (Lipinski definition) is 2. The fraction of sp³-hybridized carbons (Fsp3) is 0.543. The average Bonchev–Trinajstić information content (AvgIpc) is 2.88. The monoisotopic (exact) mass is 609 g/mol. The SMILES string of the molecule is CCc1ccc(C(C(=O)NC(Cc2ccccc2)C(=O)OC(C)(C)C)N(C(=O)C(C)NC(=O)OC(C)(C)C)C(C)(C)C)cc1. The summed E-state index contributed by atoms with van der Waals surface area (Å²) in [5.74, 6) is -1.61. The Morgan fingerprint density at radius 2 is 1.30 bits per heavy atom. The Balaban J connectivity index is 2.57. The van der Waals surface area contributed by atoms with E-state index in [9.17, 15) is 19.2 Å². The van der Waals surface area contributed by atoms with E-state index in [-0.39, 0.29) is 6.42 Å². The van der Waals surface area contributed by atoms with E-state index in [0.717, 1.165) is 17.5 Å². The number of nitrogens with one attached hydrogen (secondary N) is 2. The van der Waals surface area contributed by atoms with Gasteiger partial charge in [-0.25, -0.2) is 9.59 Å². The van der Waals surface area contributed by atoms with Gasteiger partial charge in [-0.2, -0.15) is 0 Å². The van der Waals surface area contributed by atoms with Crippen molar-refractivity contribution in [3.8, 4) is 0 Å². The van der Waals surface area contributed by atoms with Crippen molar-refractivity contribution in [1.82, 2.24) is 15.5 Å². The van der Waals surface area contributed by atoms with E-state index >= 15 is 0 Å². The fourth-order valence-electron chi connectivity index (χ4n) is 4.62. The molecular weight excluding hydrogens is 558 g/mol. The van der Waals surface area contributed by atoms with Gasteiger partial charge in [-0.05, 0) is 92.3 Å². The third-order valence-electron chi connectivity index (χ3n) is 6.56. The topological polar surface area (TPSA) is 114 Å². The second kappa shape index (κ2) is 14.7. The summed E-state index contributed by atoms with van der Waals surface area (Å²) in [6, 6.07) is 13.7. The molecule has 9 heteroatoms. The lowest BCUT2D eigenvalue weighted by molar-refractivity contribution is -0.159. The van der Waals surface area contributed by atoms with Crippen LogP contribution in [0, 0.1) is 0 Å². The van der Waals surface area contributed by atoms with Gasteiger partial charge in [0.1, 0.15) is 29.3 Å². The van der Waals surface area contributed by atoms with E-state index < -0.39 is 58.7 Å². The Hall–Kier alpha value is -3.88. The van der Waals surface area contributed by atoms with Crippen molar-refractivity contribution >= 4 is 23.9 Å². The van der Waals surface area contributed by atoms with Crippen molar-refractivity contribution in [2.75, 3.05) is 0 Å². The standard InChI is InChI=1S/C35H51N3O6/c1-12-24-18-20-26(21-19-24)28(38(33(3,4)5)30(40)23(2)36-32(42)44-35(9,10)11)29(39)37-27(31(41)43-34(6,7)8)22-25-16-14-13-15-17-25/h13-21,23,27-28H,12,22H2,1-11H3,(H,36,42)(H,37,39). The molecule has 44 heavy (non-hydrogen) atoms. The maximum atomic E-state index is 14.4. The summed E-state index contributed by atoms with van der Waals surface area (Å²) in [5.41, 5.74) is 0.0732. The Kier molecular flexibility index (Phi) is 12.2. The quantitative estimate of drug-likeness (QED) is 0.324. The molecule has 0 aromatic heterocycles. The highest BCUT2D eigenvalue weighted by Crippen LogP contribution is 2.31. The van der Waals surface area contributed by atoms with E-state index in [2.05, 4.69) is 10.6 Å². The summed E-state index contributed by atoms with van der Waals surface area (Å²) in [6.07, 6.45) is 0.255. The number of nitrogens with zero attached hydrogens (tertiary/aromatic N) is 1. The van der Waals surface area contributed by atoms with Crippen LogP contribution in [0.25, 0.3) is 0 Å². The van der Waals surface area contributed by atoms with E-state index in [1.807, 2.05) is 82.3 Å². The Labute approximate surface area is 263 Å².